The number of anilines is 1. The first-order valence-electron chi connectivity index (χ1n) is 6.49. The molecule has 0 fully saturated rings. The van der Waals surface area contributed by atoms with Crippen molar-refractivity contribution in [2.24, 2.45) is 0 Å². The van der Waals surface area contributed by atoms with E-state index in [4.69, 9.17) is 0 Å². The van der Waals surface area contributed by atoms with Gasteiger partial charge in [0.25, 0.3) is 5.91 Å². The maximum atomic E-state index is 12.3. The fourth-order valence-electron chi connectivity index (χ4n) is 1.88. The van der Waals surface area contributed by atoms with E-state index in [2.05, 4.69) is 20.2 Å². The molecule has 5 nitrogen and oxygen atoms in total. The normalized spacial score (nSPS) is 10.8. The van der Waals surface area contributed by atoms with Gasteiger partial charge in [0.2, 0.25) is 0 Å². The van der Waals surface area contributed by atoms with E-state index in [0.29, 0.717) is 4.88 Å². The third kappa shape index (κ3) is 3.40. The summed E-state index contributed by atoms with van der Waals surface area (Å²) in [6.07, 6.45) is 0. The van der Waals surface area contributed by atoms with E-state index in [-0.39, 0.29) is 11.8 Å². The zero-order chi connectivity index (χ0) is 14.5. The van der Waals surface area contributed by atoms with Crippen molar-refractivity contribution in [2.45, 2.75) is 26.3 Å². The van der Waals surface area contributed by atoms with Crippen LogP contribution in [-0.4, -0.2) is 22.5 Å². The summed E-state index contributed by atoms with van der Waals surface area (Å²) in [6, 6.07) is 7.77. The summed E-state index contributed by atoms with van der Waals surface area (Å²) >= 11 is 1.13. The van der Waals surface area contributed by atoms with Crippen molar-refractivity contribution in [3.05, 3.63) is 40.4 Å². The number of rotatable bonds is 5. The highest BCUT2D eigenvalue weighted by atomic mass is 32.1. The summed E-state index contributed by atoms with van der Waals surface area (Å²) in [7, 11) is 1.89. The molecular weight excluding hydrogens is 272 g/mol. The van der Waals surface area contributed by atoms with Crippen molar-refractivity contribution < 1.29 is 4.79 Å². The van der Waals surface area contributed by atoms with Gasteiger partial charge in [-0.1, -0.05) is 30.5 Å². The predicted molar refractivity (Wildman–Crippen MR) is 81.2 cm³/mol. The lowest BCUT2D eigenvalue weighted by molar-refractivity contribution is 0.102. The summed E-state index contributed by atoms with van der Waals surface area (Å²) in [5.41, 5.74) is 2.65. The molecule has 0 aliphatic carbocycles. The van der Waals surface area contributed by atoms with Gasteiger partial charge in [-0.15, -0.1) is 5.10 Å². The highest BCUT2D eigenvalue weighted by Crippen LogP contribution is 2.21. The van der Waals surface area contributed by atoms with Crippen LogP contribution >= 0.6 is 11.5 Å². The molecule has 2 rings (SSSR count). The minimum absolute atomic E-state index is 0.148. The Bertz CT molecular complexity index is 594. The molecule has 20 heavy (non-hydrogen) atoms. The molecule has 0 aliphatic rings. The molecule has 2 aromatic rings. The summed E-state index contributed by atoms with van der Waals surface area (Å²) in [5, 5.41) is 10.0. The number of amides is 1. The summed E-state index contributed by atoms with van der Waals surface area (Å²) in [5.74, 6) is 0.0374. The lowest BCUT2D eigenvalue weighted by atomic mass is 10.1. The zero-order valence-electron chi connectivity index (χ0n) is 11.8. The molecule has 0 unspecified atom stereocenters. The molecule has 1 aromatic heterocycles. The second-order valence-corrected chi connectivity index (χ2v) is 5.58. The molecular formula is C14H18N4OS. The summed E-state index contributed by atoms with van der Waals surface area (Å²) < 4.78 is 3.87. The topological polar surface area (TPSA) is 66.9 Å². The fraction of sp³-hybridized carbons (Fsp3) is 0.357. The minimum Gasteiger partial charge on any atom is -0.321 e. The Morgan fingerprint density at radius 2 is 2.20 bits per heavy atom. The quantitative estimate of drug-likeness (QED) is 0.888. The third-order valence-corrected chi connectivity index (χ3v) is 3.57. The average molecular weight is 290 g/mol. The average Bonchev–Trinajstić information content (AvgIpc) is 2.89. The molecule has 0 aliphatic heterocycles. The molecule has 6 heteroatoms. The van der Waals surface area contributed by atoms with Gasteiger partial charge in [0.15, 0.2) is 0 Å². The number of carbonyl (C=O) groups is 1. The Morgan fingerprint density at radius 1 is 1.40 bits per heavy atom. The molecule has 0 saturated heterocycles. The van der Waals surface area contributed by atoms with E-state index in [1.165, 1.54) is 0 Å². The number of benzene rings is 1. The first-order chi connectivity index (χ1) is 9.61. The first-order valence-corrected chi connectivity index (χ1v) is 7.26. The van der Waals surface area contributed by atoms with Crippen molar-refractivity contribution in [3.63, 3.8) is 0 Å². The maximum absolute atomic E-state index is 12.3. The standard InChI is InChI=1S/C14H18N4OS/c1-9(2)12-13(20-18-17-12)14(19)16-11-6-4-5-10(7-11)8-15-3/h4-7,9,15H,8H2,1-3H3,(H,16,19). The molecule has 0 saturated carbocycles. The Kier molecular flexibility index (Phi) is 4.81. The van der Waals surface area contributed by atoms with Crippen LogP contribution < -0.4 is 10.6 Å². The van der Waals surface area contributed by atoms with Gasteiger partial charge in [0.1, 0.15) is 4.88 Å². The number of nitrogens with zero attached hydrogens (tertiary/aromatic N) is 2. The van der Waals surface area contributed by atoms with Gasteiger partial charge in [0.05, 0.1) is 5.69 Å². The second-order valence-electron chi connectivity index (χ2n) is 4.83. The van der Waals surface area contributed by atoms with Gasteiger partial charge in [-0.2, -0.15) is 0 Å². The molecule has 1 amide bonds. The highest BCUT2D eigenvalue weighted by Gasteiger charge is 2.18. The van der Waals surface area contributed by atoms with Crippen molar-refractivity contribution >= 4 is 23.1 Å². The fourth-order valence-corrected chi connectivity index (χ4v) is 2.60. The van der Waals surface area contributed by atoms with E-state index >= 15 is 0 Å². The highest BCUT2D eigenvalue weighted by molar-refractivity contribution is 7.08. The van der Waals surface area contributed by atoms with Crippen LogP contribution in [0.25, 0.3) is 0 Å². The molecule has 0 spiro atoms. The lowest BCUT2D eigenvalue weighted by Crippen LogP contribution is -2.13. The van der Waals surface area contributed by atoms with Crippen molar-refractivity contribution in [1.82, 2.24) is 14.9 Å². The van der Waals surface area contributed by atoms with Crippen LogP contribution in [-0.2, 0) is 6.54 Å². The molecule has 106 valence electrons. The number of nitrogens with one attached hydrogen (secondary N) is 2. The monoisotopic (exact) mass is 290 g/mol. The SMILES string of the molecule is CNCc1cccc(NC(=O)c2snnc2C(C)C)c1. The molecule has 0 bridgehead atoms. The Balaban J connectivity index is 2.15. The van der Waals surface area contributed by atoms with Gasteiger partial charge in [0, 0.05) is 12.2 Å². The van der Waals surface area contributed by atoms with Crippen LogP contribution in [0.5, 0.6) is 0 Å². The number of carbonyl (C=O) groups excluding carboxylic acids is 1. The Morgan fingerprint density at radius 3 is 2.90 bits per heavy atom. The van der Waals surface area contributed by atoms with E-state index in [9.17, 15) is 4.79 Å². The summed E-state index contributed by atoms with van der Waals surface area (Å²) in [4.78, 5) is 12.9. The van der Waals surface area contributed by atoms with E-state index < -0.39 is 0 Å². The van der Waals surface area contributed by atoms with Crippen LogP contribution in [0.15, 0.2) is 24.3 Å². The van der Waals surface area contributed by atoms with Crippen LogP contribution in [0.4, 0.5) is 5.69 Å². The van der Waals surface area contributed by atoms with Crippen LogP contribution in [0.1, 0.15) is 40.7 Å². The minimum atomic E-state index is -0.148. The zero-order valence-corrected chi connectivity index (χ0v) is 12.6. The number of hydrogen-bond donors (Lipinski definition) is 2. The first kappa shape index (κ1) is 14.6. The third-order valence-electron chi connectivity index (χ3n) is 2.83. The summed E-state index contributed by atoms with van der Waals surface area (Å²) in [6.45, 7) is 4.77. The molecule has 0 atom stereocenters. The van der Waals surface area contributed by atoms with E-state index in [1.807, 2.05) is 45.2 Å². The maximum Gasteiger partial charge on any atom is 0.269 e. The van der Waals surface area contributed by atoms with Gasteiger partial charge in [-0.05, 0) is 42.2 Å². The predicted octanol–water partition coefficient (Wildman–Crippen LogP) is 2.63. The number of hydrogen-bond acceptors (Lipinski definition) is 5. The van der Waals surface area contributed by atoms with Gasteiger partial charge in [-0.25, -0.2) is 0 Å². The van der Waals surface area contributed by atoms with E-state index in [1.54, 1.807) is 0 Å². The largest absolute Gasteiger partial charge is 0.321 e. The molecule has 1 heterocycles. The second kappa shape index (κ2) is 6.58. The molecule has 2 N–H and O–H groups in total. The molecule has 1 aromatic carbocycles. The van der Waals surface area contributed by atoms with Gasteiger partial charge >= 0.3 is 0 Å². The lowest BCUT2D eigenvalue weighted by Gasteiger charge is -2.08. The van der Waals surface area contributed by atoms with Crippen molar-refractivity contribution in [3.8, 4) is 0 Å². The Hall–Kier alpha value is -1.79. The number of aromatic nitrogens is 2. The van der Waals surface area contributed by atoms with Crippen molar-refractivity contribution in [1.29, 1.82) is 0 Å². The van der Waals surface area contributed by atoms with Crippen LogP contribution in [0.2, 0.25) is 0 Å². The van der Waals surface area contributed by atoms with Crippen LogP contribution in [0.3, 0.4) is 0 Å². The van der Waals surface area contributed by atoms with E-state index in [0.717, 1.165) is 35.0 Å². The van der Waals surface area contributed by atoms with Crippen LogP contribution in [0, 0.1) is 0 Å². The smallest absolute Gasteiger partial charge is 0.269 e. The van der Waals surface area contributed by atoms with Gasteiger partial charge < -0.3 is 10.6 Å². The Labute approximate surface area is 122 Å². The van der Waals surface area contributed by atoms with Gasteiger partial charge in [-0.3, -0.25) is 4.79 Å². The molecule has 0 radical (unpaired) electrons. The van der Waals surface area contributed by atoms with Crippen molar-refractivity contribution in [2.75, 3.05) is 12.4 Å².